The van der Waals surface area contributed by atoms with Crippen LogP contribution in [0.2, 0.25) is 0 Å². The highest BCUT2D eigenvalue weighted by Gasteiger charge is 2.35. The molecule has 0 saturated heterocycles. The van der Waals surface area contributed by atoms with Crippen molar-refractivity contribution in [3.63, 3.8) is 0 Å². The Morgan fingerprint density at radius 3 is 2.51 bits per heavy atom. The van der Waals surface area contributed by atoms with E-state index in [2.05, 4.69) is 25.5 Å². The van der Waals surface area contributed by atoms with Gasteiger partial charge in [-0.2, -0.15) is 18.3 Å². The van der Waals surface area contributed by atoms with Gasteiger partial charge in [-0.3, -0.25) is 9.89 Å². The SMILES string of the molecule is Cc1ncc(Nc2cc(CCc3cc(-c4c(C(N)=O)cccc4C(F)(F)F)ccc3F)[nH]n2)cn1. The maximum Gasteiger partial charge on any atom is 0.417 e. The maximum atomic E-state index is 14.5. The summed E-state index contributed by atoms with van der Waals surface area (Å²) < 4.78 is 55.5. The van der Waals surface area contributed by atoms with Crippen LogP contribution < -0.4 is 11.1 Å². The second-order valence-electron chi connectivity index (χ2n) is 7.82. The standard InChI is InChI=1S/C24H20F4N6O/c1-13-30-11-17(12-31-13)32-21-10-16(33-34-21)7-5-14-9-15(6-8-20(14)25)22-18(23(29)35)3-2-4-19(22)24(26,27)28/h2-4,6,8-12H,5,7H2,1H3,(H2,29,35)(H2,32,33,34). The average Bonchev–Trinajstić information content (AvgIpc) is 3.26. The Balaban J connectivity index is 1.57. The van der Waals surface area contributed by atoms with E-state index in [1.54, 1.807) is 25.4 Å². The zero-order chi connectivity index (χ0) is 25.2. The minimum atomic E-state index is -4.73. The lowest BCUT2D eigenvalue weighted by molar-refractivity contribution is -0.137. The lowest BCUT2D eigenvalue weighted by atomic mass is 9.91. The molecule has 0 fully saturated rings. The van der Waals surface area contributed by atoms with E-state index < -0.39 is 23.5 Å². The highest BCUT2D eigenvalue weighted by atomic mass is 19.4. The summed E-state index contributed by atoms with van der Waals surface area (Å²) in [5.41, 5.74) is 5.20. The smallest absolute Gasteiger partial charge is 0.366 e. The summed E-state index contributed by atoms with van der Waals surface area (Å²) in [6.45, 7) is 1.76. The minimum absolute atomic E-state index is 0.0504. The first-order valence-corrected chi connectivity index (χ1v) is 10.5. The summed E-state index contributed by atoms with van der Waals surface area (Å²) in [5, 5.41) is 10.0. The van der Waals surface area contributed by atoms with Crippen LogP contribution in [0.15, 0.2) is 54.9 Å². The van der Waals surface area contributed by atoms with E-state index in [1.807, 2.05) is 0 Å². The zero-order valence-electron chi connectivity index (χ0n) is 18.4. The van der Waals surface area contributed by atoms with E-state index in [4.69, 9.17) is 5.73 Å². The van der Waals surface area contributed by atoms with Gasteiger partial charge in [-0.25, -0.2) is 14.4 Å². The molecule has 0 saturated carbocycles. The summed E-state index contributed by atoms with van der Waals surface area (Å²) >= 11 is 0. The van der Waals surface area contributed by atoms with Gasteiger partial charge in [0.05, 0.1) is 23.6 Å². The molecule has 1 amide bonds. The van der Waals surface area contributed by atoms with E-state index in [-0.39, 0.29) is 28.7 Å². The fourth-order valence-electron chi connectivity index (χ4n) is 3.65. The van der Waals surface area contributed by atoms with Gasteiger partial charge in [-0.05, 0) is 55.2 Å². The molecule has 0 spiro atoms. The quantitative estimate of drug-likeness (QED) is 0.321. The highest BCUT2D eigenvalue weighted by Crippen LogP contribution is 2.39. The number of hydrogen-bond acceptors (Lipinski definition) is 5. The number of benzene rings is 2. The van der Waals surface area contributed by atoms with Crippen LogP contribution in [0.25, 0.3) is 11.1 Å². The van der Waals surface area contributed by atoms with Gasteiger partial charge in [0.15, 0.2) is 5.82 Å². The van der Waals surface area contributed by atoms with Crippen molar-refractivity contribution in [2.45, 2.75) is 25.9 Å². The van der Waals surface area contributed by atoms with Crippen molar-refractivity contribution in [1.82, 2.24) is 20.2 Å². The number of amides is 1. The molecule has 35 heavy (non-hydrogen) atoms. The number of aryl methyl sites for hydroxylation is 3. The van der Waals surface area contributed by atoms with Crippen LogP contribution in [-0.4, -0.2) is 26.1 Å². The van der Waals surface area contributed by atoms with Crippen molar-refractivity contribution < 1.29 is 22.4 Å². The molecule has 4 aromatic rings. The first-order chi connectivity index (χ1) is 16.6. The average molecular weight is 484 g/mol. The number of carbonyl (C=O) groups is 1. The molecule has 0 unspecified atom stereocenters. The summed E-state index contributed by atoms with van der Waals surface area (Å²) in [5.74, 6) is -0.447. The Bertz CT molecular complexity index is 1370. The second-order valence-corrected chi connectivity index (χ2v) is 7.82. The number of aromatic amines is 1. The summed E-state index contributed by atoms with van der Waals surface area (Å²) in [6.07, 6.45) is -0.997. The van der Waals surface area contributed by atoms with Crippen molar-refractivity contribution in [2.24, 2.45) is 5.73 Å². The third-order valence-electron chi connectivity index (χ3n) is 5.32. The van der Waals surface area contributed by atoms with Crippen molar-refractivity contribution >= 4 is 17.4 Å². The zero-order valence-corrected chi connectivity index (χ0v) is 18.4. The van der Waals surface area contributed by atoms with Crippen LogP contribution in [-0.2, 0) is 19.0 Å². The van der Waals surface area contributed by atoms with Gasteiger partial charge in [-0.1, -0.05) is 12.1 Å². The van der Waals surface area contributed by atoms with Gasteiger partial charge in [0.1, 0.15) is 11.6 Å². The molecule has 2 heterocycles. The van der Waals surface area contributed by atoms with Gasteiger partial charge in [0.25, 0.3) is 0 Å². The Labute approximate surface area is 197 Å². The normalized spacial score (nSPS) is 11.5. The summed E-state index contributed by atoms with van der Waals surface area (Å²) in [6, 6.07) is 8.52. The van der Waals surface area contributed by atoms with E-state index in [0.29, 0.717) is 29.4 Å². The van der Waals surface area contributed by atoms with Gasteiger partial charge >= 0.3 is 6.18 Å². The predicted molar refractivity (Wildman–Crippen MR) is 121 cm³/mol. The number of hydrogen-bond donors (Lipinski definition) is 3. The Kier molecular flexibility index (Phi) is 6.50. The highest BCUT2D eigenvalue weighted by molar-refractivity contribution is 6.00. The number of nitrogens with one attached hydrogen (secondary N) is 2. The first-order valence-electron chi connectivity index (χ1n) is 10.5. The molecule has 0 radical (unpaired) electrons. The van der Waals surface area contributed by atoms with E-state index in [9.17, 15) is 22.4 Å². The monoisotopic (exact) mass is 484 g/mol. The van der Waals surface area contributed by atoms with Gasteiger partial charge in [0.2, 0.25) is 5.91 Å². The number of H-pyrrole nitrogens is 1. The molecule has 4 N–H and O–H groups in total. The summed E-state index contributed by atoms with van der Waals surface area (Å²) in [7, 11) is 0. The largest absolute Gasteiger partial charge is 0.417 e. The molecule has 0 aliphatic heterocycles. The van der Waals surface area contributed by atoms with Crippen LogP contribution in [0.4, 0.5) is 29.1 Å². The van der Waals surface area contributed by atoms with Crippen LogP contribution in [0.3, 0.4) is 0 Å². The van der Waals surface area contributed by atoms with Gasteiger partial charge < -0.3 is 11.1 Å². The van der Waals surface area contributed by atoms with Crippen LogP contribution in [0, 0.1) is 12.7 Å². The van der Waals surface area contributed by atoms with E-state index in [0.717, 1.165) is 18.2 Å². The van der Waals surface area contributed by atoms with Crippen LogP contribution in [0.1, 0.15) is 33.0 Å². The number of rotatable bonds is 7. The van der Waals surface area contributed by atoms with Crippen LogP contribution in [0.5, 0.6) is 0 Å². The van der Waals surface area contributed by atoms with Gasteiger partial charge in [0, 0.05) is 22.9 Å². The number of primary amides is 1. The number of nitrogens with two attached hydrogens (primary N) is 1. The molecule has 180 valence electrons. The number of carbonyl (C=O) groups excluding carboxylic acids is 1. The Morgan fingerprint density at radius 1 is 1.09 bits per heavy atom. The number of halogens is 4. The van der Waals surface area contributed by atoms with E-state index in [1.165, 1.54) is 18.2 Å². The molecular formula is C24H20F4N6O. The molecular weight excluding hydrogens is 464 g/mol. The number of aromatic nitrogens is 4. The summed E-state index contributed by atoms with van der Waals surface area (Å²) in [4.78, 5) is 20.0. The molecule has 0 aliphatic carbocycles. The lowest BCUT2D eigenvalue weighted by Crippen LogP contribution is -2.16. The molecule has 0 aliphatic rings. The molecule has 2 aromatic carbocycles. The number of nitrogens with zero attached hydrogens (tertiary/aromatic N) is 3. The molecule has 2 aromatic heterocycles. The third kappa shape index (κ3) is 5.45. The van der Waals surface area contributed by atoms with Crippen molar-refractivity contribution in [1.29, 1.82) is 0 Å². The number of anilines is 2. The molecule has 0 bridgehead atoms. The Hall–Kier alpha value is -4.28. The topological polar surface area (TPSA) is 110 Å². The molecule has 4 rings (SSSR count). The fraction of sp³-hybridized carbons (Fsp3) is 0.167. The second kappa shape index (κ2) is 9.53. The third-order valence-corrected chi connectivity index (χ3v) is 5.32. The molecule has 7 nitrogen and oxygen atoms in total. The van der Waals surface area contributed by atoms with E-state index >= 15 is 0 Å². The maximum absolute atomic E-state index is 14.5. The first kappa shape index (κ1) is 23.9. The molecule has 0 atom stereocenters. The van der Waals surface area contributed by atoms with Crippen molar-refractivity contribution in [3.05, 3.63) is 88.9 Å². The lowest BCUT2D eigenvalue weighted by Gasteiger charge is -2.17. The Morgan fingerprint density at radius 2 is 1.83 bits per heavy atom. The van der Waals surface area contributed by atoms with Crippen molar-refractivity contribution in [2.75, 3.05) is 5.32 Å². The van der Waals surface area contributed by atoms with Gasteiger partial charge in [-0.15, -0.1) is 0 Å². The fourth-order valence-corrected chi connectivity index (χ4v) is 3.65. The van der Waals surface area contributed by atoms with Crippen molar-refractivity contribution in [3.8, 4) is 11.1 Å². The molecule has 11 heteroatoms. The van der Waals surface area contributed by atoms with Crippen LogP contribution >= 0.6 is 0 Å². The number of alkyl halides is 3. The predicted octanol–water partition coefficient (Wildman–Crippen LogP) is 4.96. The minimum Gasteiger partial charge on any atom is -0.366 e.